The Balaban J connectivity index is 1.40. The number of benzene rings is 3. The van der Waals surface area contributed by atoms with Gasteiger partial charge in [0.15, 0.2) is 0 Å². The Hall–Kier alpha value is -4.28. The van der Waals surface area contributed by atoms with Gasteiger partial charge in [-0.05, 0) is 54.6 Å². The van der Waals surface area contributed by atoms with Crippen molar-refractivity contribution in [1.29, 1.82) is 0 Å². The molecule has 3 aromatic carbocycles. The molecule has 170 valence electrons. The molecule has 2 amide bonds. The number of hydrogen-bond acceptors (Lipinski definition) is 4. The molecule has 0 aliphatic carbocycles. The third-order valence-corrected chi connectivity index (χ3v) is 4.58. The number of ether oxygens (including phenoxy) is 1. The van der Waals surface area contributed by atoms with E-state index in [1.807, 2.05) is 0 Å². The third kappa shape index (κ3) is 5.14. The number of nitrogens with one attached hydrogen (secondary N) is 4. The number of amides is 2. The Morgan fingerprint density at radius 1 is 0.970 bits per heavy atom. The first-order valence-electron chi connectivity index (χ1n) is 9.61. The van der Waals surface area contributed by atoms with E-state index in [1.54, 1.807) is 37.4 Å². The van der Waals surface area contributed by atoms with Gasteiger partial charge in [0.05, 0.1) is 22.3 Å². The van der Waals surface area contributed by atoms with Crippen molar-refractivity contribution < 1.29 is 27.1 Å². The number of aromatic nitrogens is 2. The van der Waals surface area contributed by atoms with Crippen molar-refractivity contribution in [3.63, 3.8) is 0 Å². The summed E-state index contributed by atoms with van der Waals surface area (Å²) in [5.41, 5.74) is 0.229. The number of carbonyl (C=O) groups excluding carboxylic acids is 1. The van der Waals surface area contributed by atoms with Gasteiger partial charge in [-0.2, -0.15) is 13.2 Å². The molecule has 0 radical (unpaired) electrons. The van der Waals surface area contributed by atoms with E-state index in [-0.39, 0.29) is 0 Å². The molecule has 11 heteroatoms. The van der Waals surface area contributed by atoms with Crippen LogP contribution in [0.1, 0.15) is 5.56 Å². The summed E-state index contributed by atoms with van der Waals surface area (Å²) in [4.78, 5) is 19.5. The maximum absolute atomic E-state index is 13.8. The van der Waals surface area contributed by atoms with Crippen LogP contribution in [0.2, 0.25) is 0 Å². The summed E-state index contributed by atoms with van der Waals surface area (Å²) in [6.07, 6.45) is -4.66. The van der Waals surface area contributed by atoms with Crippen molar-refractivity contribution in [2.45, 2.75) is 6.18 Å². The number of hydrogen-bond donors (Lipinski definition) is 4. The van der Waals surface area contributed by atoms with E-state index in [2.05, 4.69) is 25.9 Å². The van der Waals surface area contributed by atoms with Gasteiger partial charge < -0.3 is 25.7 Å². The zero-order valence-corrected chi connectivity index (χ0v) is 17.0. The fraction of sp³-hybridized carbons (Fsp3) is 0.0909. The van der Waals surface area contributed by atoms with Gasteiger partial charge in [-0.25, -0.2) is 14.2 Å². The number of anilines is 3. The first-order valence-corrected chi connectivity index (χ1v) is 9.61. The molecule has 4 rings (SSSR count). The predicted octanol–water partition coefficient (Wildman–Crippen LogP) is 6.20. The van der Waals surface area contributed by atoms with Crippen LogP contribution in [-0.2, 0) is 6.18 Å². The number of halogens is 4. The first kappa shape index (κ1) is 21.9. The van der Waals surface area contributed by atoms with E-state index in [9.17, 15) is 22.4 Å². The molecule has 0 atom stereocenters. The van der Waals surface area contributed by atoms with Crippen LogP contribution in [-0.4, -0.2) is 23.0 Å². The molecule has 0 fully saturated rings. The number of urea groups is 1. The van der Waals surface area contributed by atoms with Crippen molar-refractivity contribution in [3.8, 4) is 11.5 Å². The third-order valence-electron chi connectivity index (χ3n) is 4.58. The normalized spacial score (nSPS) is 11.3. The predicted molar refractivity (Wildman–Crippen MR) is 116 cm³/mol. The van der Waals surface area contributed by atoms with Crippen LogP contribution in [0.3, 0.4) is 0 Å². The highest BCUT2D eigenvalue weighted by Crippen LogP contribution is 2.32. The first-order chi connectivity index (χ1) is 15.7. The summed E-state index contributed by atoms with van der Waals surface area (Å²) in [5.74, 6) is 0.684. The molecule has 0 saturated heterocycles. The van der Waals surface area contributed by atoms with Crippen molar-refractivity contribution in [1.82, 2.24) is 9.97 Å². The van der Waals surface area contributed by atoms with Gasteiger partial charge in [0.2, 0.25) is 5.95 Å². The molecule has 1 heterocycles. The lowest BCUT2D eigenvalue weighted by Crippen LogP contribution is -2.20. The summed E-state index contributed by atoms with van der Waals surface area (Å²) in [5, 5.41) is 7.42. The second kappa shape index (κ2) is 8.69. The summed E-state index contributed by atoms with van der Waals surface area (Å²) in [6.45, 7) is 0. The van der Waals surface area contributed by atoms with Crippen LogP contribution in [0.25, 0.3) is 11.0 Å². The number of imidazole rings is 1. The average molecular weight is 459 g/mol. The van der Waals surface area contributed by atoms with E-state index in [4.69, 9.17) is 4.74 Å². The molecule has 4 aromatic rings. The SMILES string of the molecule is CNc1nc2ccc(Oc3ccc(NC(=O)Nc4cc(C(F)(F)F)ccc4F)cc3)cc2[nH]1. The quantitative estimate of drug-likeness (QED) is 0.268. The number of carbonyl (C=O) groups is 1. The molecule has 0 saturated carbocycles. The molecule has 0 aliphatic rings. The molecule has 0 bridgehead atoms. The Morgan fingerprint density at radius 3 is 2.39 bits per heavy atom. The van der Waals surface area contributed by atoms with Crippen molar-refractivity contribution in [2.24, 2.45) is 0 Å². The average Bonchev–Trinajstić information content (AvgIpc) is 3.18. The van der Waals surface area contributed by atoms with Gasteiger partial charge in [0.1, 0.15) is 17.3 Å². The van der Waals surface area contributed by atoms with Crippen molar-refractivity contribution >= 4 is 34.4 Å². The van der Waals surface area contributed by atoms with Crippen molar-refractivity contribution in [3.05, 3.63) is 72.0 Å². The molecule has 4 N–H and O–H groups in total. The largest absolute Gasteiger partial charge is 0.457 e. The second-order valence-corrected chi connectivity index (χ2v) is 6.91. The molecule has 0 aliphatic heterocycles. The molecule has 7 nitrogen and oxygen atoms in total. The maximum Gasteiger partial charge on any atom is 0.416 e. The van der Waals surface area contributed by atoms with Crippen molar-refractivity contribution in [2.75, 3.05) is 23.0 Å². The van der Waals surface area contributed by atoms with E-state index in [0.717, 1.165) is 11.0 Å². The van der Waals surface area contributed by atoms with Gasteiger partial charge in [-0.15, -0.1) is 0 Å². The molecular weight excluding hydrogens is 442 g/mol. The van der Waals surface area contributed by atoms with Crippen LogP contribution < -0.4 is 20.7 Å². The Morgan fingerprint density at radius 2 is 1.70 bits per heavy atom. The minimum absolute atomic E-state index is 0.329. The highest BCUT2D eigenvalue weighted by Gasteiger charge is 2.31. The van der Waals surface area contributed by atoms with E-state index >= 15 is 0 Å². The summed E-state index contributed by atoms with van der Waals surface area (Å²) in [7, 11) is 1.75. The number of aromatic amines is 1. The Kier molecular flexibility index (Phi) is 5.78. The summed E-state index contributed by atoms with van der Waals surface area (Å²) < 4.78 is 58.0. The van der Waals surface area contributed by atoms with Gasteiger partial charge >= 0.3 is 12.2 Å². The molecule has 0 unspecified atom stereocenters. The zero-order chi connectivity index (χ0) is 23.6. The molecular formula is C22H17F4N5O2. The summed E-state index contributed by atoms with van der Waals surface area (Å²) >= 11 is 0. The minimum Gasteiger partial charge on any atom is -0.457 e. The van der Waals surface area contributed by atoms with Gasteiger partial charge in [-0.1, -0.05) is 0 Å². The van der Waals surface area contributed by atoms with Crippen LogP contribution in [0, 0.1) is 5.82 Å². The lowest BCUT2D eigenvalue weighted by Gasteiger charge is -2.12. The lowest BCUT2D eigenvalue weighted by molar-refractivity contribution is -0.137. The van der Waals surface area contributed by atoms with Gasteiger partial charge in [0, 0.05) is 18.8 Å². The topological polar surface area (TPSA) is 91.1 Å². The Labute approximate surface area is 184 Å². The van der Waals surface area contributed by atoms with Crippen LogP contribution in [0.15, 0.2) is 60.7 Å². The zero-order valence-electron chi connectivity index (χ0n) is 17.0. The van der Waals surface area contributed by atoms with Crippen LogP contribution in [0.5, 0.6) is 11.5 Å². The maximum atomic E-state index is 13.8. The Bertz CT molecular complexity index is 1300. The van der Waals surface area contributed by atoms with Crippen LogP contribution in [0.4, 0.5) is 39.7 Å². The standard InChI is InChI=1S/C22H17F4N5O2/c1-27-20-29-17-9-7-15(11-19(17)30-20)33-14-5-3-13(4-6-14)28-21(32)31-18-10-12(22(24,25)26)2-8-16(18)23/h2-11H,1H3,(H2,27,29,30)(H2,28,31,32). The fourth-order valence-corrected chi connectivity index (χ4v) is 3.00. The van der Waals surface area contributed by atoms with Gasteiger partial charge in [-0.3, -0.25) is 0 Å². The highest BCUT2D eigenvalue weighted by atomic mass is 19.4. The smallest absolute Gasteiger partial charge is 0.416 e. The second-order valence-electron chi connectivity index (χ2n) is 6.91. The number of alkyl halides is 3. The van der Waals surface area contributed by atoms with Gasteiger partial charge in [0.25, 0.3) is 0 Å². The lowest BCUT2D eigenvalue weighted by atomic mass is 10.2. The monoisotopic (exact) mass is 459 g/mol. The number of fused-ring (bicyclic) bond motifs is 1. The minimum atomic E-state index is -4.66. The van der Waals surface area contributed by atoms with E-state index in [0.29, 0.717) is 41.3 Å². The fourth-order valence-electron chi connectivity index (χ4n) is 3.00. The van der Waals surface area contributed by atoms with E-state index < -0.39 is 29.3 Å². The highest BCUT2D eigenvalue weighted by molar-refractivity contribution is 5.99. The number of rotatable bonds is 5. The van der Waals surface area contributed by atoms with Crippen LogP contribution >= 0.6 is 0 Å². The van der Waals surface area contributed by atoms with E-state index in [1.165, 1.54) is 12.1 Å². The molecule has 1 aromatic heterocycles. The molecule has 33 heavy (non-hydrogen) atoms. The number of H-pyrrole nitrogens is 1. The molecule has 0 spiro atoms. The number of nitrogens with zero attached hydrogens (tertiary/aromatic N) is 1. The summed E-state index contributed by atoms with van der Waals surface area (Å²) in [6, 6.07) is 12.5.